The lowest BCUT2D eigenvalue weighted by Gasteiger charge is -2.07. The van der Waals surface area contributed by atoms with Crippen molar-refractivity contribution in [3.63, 3.8) is 0 Å². The first-order valence-electron chi connectivity index (χ1n) is 8.18. The van der Waals surface area contributed by atoms with Gasteiger partial charge in [0, 0.05) is 6.42 Å². The number of carbonyl (C=O) groups is 1. The largest absolute Gasteiger partial charge is 0.463 e. The normalized spacial score (nSPS) is 10.6. The zero-order valence-electron chi connectivity index (χ0n) is 13.6. The van der Waals surface area contributed by atoms with Gasteiger partial charge in [-0.15, -0.1) is 0 Å². The lowest BCUT2D eigenvalue weighted by molar-refractivity contribution is -0.145. The van der Waals surface area contributed by atoms with Crippen LogP contribution in [0.25, 0.3) is 0 Å². The molecule has 0 aromatic heterocycles. The molecule has 0 spiro atoms. The van der Waals surface area contributed by atoms with Gasteiger partial charge in [-0.1, -0.05) is 56.5 Å². The number of ether oxygens (including phenoxy) is 3. The Kier molecular flexibility index (Phi) is 11.3. The molecule has 1 aromatic carbocycles. The molecule has 0 aliphatic rings. The Morgan fingerprint density at radius 3 is 2.41 bits per heavy atom. The molecule has 0 radical (unpaired) electrons. The molecule has 1 rings (SSSR count). The molecule has 0 saturated carbocycles. The zero-order chi connectivity index (χ0) is 15.9. The molecule has 0 unspecified atom stereocenters. The first-order valence-corrected chi connectivity index (χ1v) is 8.18. The third kappa shape index (κ3) is 10.4. The van der Waals surface area contributed by atoms with Gasteiger partial charge in [0.1, 0.15) is 6.61 Å². The van der Waals surface area contributed by atoms with Gasteiger partial charge in [0.15, 0.2) is 0 Å². The summed E-state index contributed by atoms with van der Waals surface area (Å²) >= 11 is 0. The summed E-state index contributed by atoms with van der Waals surface area (Å²) in [6.45, 7) is 4.55. The second kappa shape index (κ2) is 13.3. The van der Waals surface area contributed by atoms with Crippen molar-refractivity contribution >= 4 is 5.97 Å². The van der Waals surface area contributed by atoms with E-state index in [0.717, 1.165) is 18.4 Å². The highest BCUT2D eigenvalue weighted by atomic mass is 16.6. The van der Waals surface area contributed by atoms with E-state index < -0.39 is 0 Å². The van der Waals surface area contributed by atoms with Crippen molar-refractivity contribution in [1.29, 1.82) is 0 Å². The van der Waals surface area contributed by atoms with Crippen LogP contribution in [0.4, 0.5) is 0 Å². The molecular formula is C18H28O4. The van der Waals surface area contributed by atoms with E-state index >= 15 is 0 Å². The summed E-state index contributed by atoms with van der Waals surface area (Å²) in [5.74, 6) is -0.125. The molecule has 0 bridgehead atoms. The van der Waals surface area contributed by atoms with Crippen LogP contribution in [0.15, 0.2) is 30.3 Å². The number of hydrogen-bond acceptors (Lipinski definition) is 4. The van der Waals surface area contributed by atoms with Crippen LogP contribution in [0.3, 0.4) is 0 Å². The smallest absolute Gasteiger partial charge is 0.305 e. The number of hydrogen-bond donors (Lipinski definition) is 0. The van der Waals surface area contributed by atoms with Crippen molar-refractivity contribution in [2.75, 3.05) is 26.4 Å². The molecular weight excluding hydrogens is 280 g/mol. The highest BCUT2D eigenvalue weighted by Gasteiger charge is 2.02. The molecule has 22 heavy (non-hydrogen) atoms. The molecule has 0 saturated heterocycles. The standard InChI is InChI=1S/C18H28O4/c1-2-3-4-8-11-18(19)22-15-14-20-12-13-21-16-17-9-6-5-7-10-17/h5-7,9-10H,2-4,8,11-16H2,1H3. The first-order chi connectivity index (χ1) is 10.8. The Morgan fingerprint density at radius 1 is 0.909 bits per heavy atom. The molecule has 0 aliphatic heterocycles. The Hall–Kier alpha value is -1.39. The van der Waals surface area contributed by atoms with Crippen molar-refractivity contribution in [3.8, 4) is 0 Å². The van der Waals surface area contributed by atoms with Crippen LogP contribution in [0, 0.1) is 0 Å². The summed E-state index contributed by atoms with van der Waals surface area (Å²) in [5.41, 5.74) is 1.15. The highest BCUT2D eigenvalue weighted by Crippen LogP contribution is 2.03. The summed E-state index contributed by atoms with van der Waals surface area (Å²) < 4.78 is 15.9. The summed E-state index contributed by atoms with van der Waals surface area (Å²) in [6, 6.07) is 10.0. The molecule has 0 fully saturated rings. The van der Waals surface area contributed by atoms with Gasteiger partial charge in [-0.25, -0.2) is 0 Å². The SMILES string of the molecule is CCCCCCC(=O)OCCOCCOCc1ccccc1. The number of unbranched alkanes of at least 4 members (excludes halogenated alkanes) is 3. The average Bonchev–Trinajstić information content (AvgIpc) is 2.55. The van der Waals surface area contributed by atoms with E-state index in [9.17, 15) is 4.79 Å². The van der Waals surface area contributed by atoms with Crippen molar-refractivity contribution < 1.29 is 19.0 Å². The van der Waals surface area contributed by atoms with Crippen LogP contribution in [-0.4, -0.2) is 32.4 Å². The Bertz CT molecular complexity index is 378. The Morgan fingerprint density at radius 2 is 1.64 bits per heavy atom. The lowest BCUT2D eigenvalue weighted by atomic mass is 10.2. The fourth-order valence-electron chi connectivity index (χ4n) is 1.97. The van der Waals surface area contributed by atoms with E-state index in [2.05, 4.69) is 6.92 Å². The topological polar surface area (TPSA) is 44.8 Å². The van der Waals surface area contributed by atoms with Gasteiger partial charge in [-0.2, -0.15) is 0 Å². The fourth-order valence-corrected chi connectivity index (χ4v) is 1.97. The molecule has 0 aliphatic carbocycles. The average molecular weight is 308 g/mol. The van der Waals surface area contributed by atoms with Crippen LogP contribution >= 0.6 is 0 Å². The Balaban J connectivity index is 1.84. The van der Waals surface area contributed by atoms with E-state index in [1.807, 2.05) is 30.3 Å². The molecule has 124 valence electrons. The number of carbonyl (C=O) groups excluding carboxylic acids is 1. The minimum atomic E-state index is -0.125. The maximum absolute atomic E-state index is 11.4. The van der Waals surface area contributed by atoms with Crippen molar-refractivity contribution in [1.82, 2.24) is 0 Å². The quantitative estimate of drug-likeness (QED) is 0.411. The van der Waals surface area contributed by atoms with Crippen LogP contribution in [0.2, 0.25) is 0 Å². The minimum Gasteiger partial charge on any atom is -0.463 e. The molecule has 0 amide bonds. The second-order valence-electron chi connectivity index (χ2n) is 5.18. The third-order valence-corrected chi connectivity index (χ3v) is 3.21. The lowest BCUT2D eigenvalue weighted by Crippen LogP contribution is -2.12. The number of rotatable bonds is 13. The molecule has 0 heterocycles. The number of esters is 1. The summed E-state index contributed by atoms with van der Waals surface area (Å²) in [4.78, 5) is 11.4. The summed E-state index contributed by atoms with van der Waals surface area (Å²) in [7, 11) is 0. The van der Waals surface area contributed by atoms with Gasteiger partial charge in [-0.05, 0) is 12.0 Å². The fraction of sp³-hybridized carbons (Fsp3) is 0.611. The molecule has 1 aromatic rings. The highest BCUT2D eigenvalue weighted by molar-refractivity contribution is 5.69. The predicted molar refractivity (Wildman–Crippen MR) is 86.6 cm³/mol. The van der Waals surface area contributed by atoms with Gasteiger partial charge < -0.3 is 14.2 Å². The van der Waals surface area contributed by atoms with Gasteiger partial charge in [-0.3, -0.25) is 4.79 Å². The van der Waals surface area contributed by atoms with E-state index in [0.29, 0.717) is 39.5 Å². The third-order valence-electron chi connectivity index (χ3n) is 3.21. The number of benzene rings is 1. The van der Waals surface area contributed by atoms with E-state index in [-0.39, 0.29) is 5.97 Å². The maximum atomic E-state index is 11.4. The minimum absolute atomic E-state index is 0.125. The first kappa shape index (κ1) is 18.7. The maximum Gasteiger partial charge on any atom is 0.305 e. The van der Waals surface area contributed by atoms with Gasteiger partial charge in [0.25, 0.3) is 0 Å². The van der Waals surface area contributed by atoms with Gasteiger partial charge in [0.2, 0.25) is 0 Å². The molecule has 4 heteroatoms. The van der Waals surface area contributed by atoms with Crippen LogP contribution < -0.4 is 0 Å². The summed E-state index contributed by atoms with van der Waals surface area (Å²) in [6.07, 6.45) is 4.89. The second-order valence-corrected chi connectivity index (χ2v) is 5.18. The molecule has 0 N–H and O–H groups in total. The van der Waals surface area contributed by atoms with E-state index in [1.54, 1.807) is 0 Å². The van der Waals surface area contributed by atoms with Crippen LogP contribution in [0.5, 0.6) is 0 Å². The van der Waals surface area contributed by atoms with Crippen LogP contribution in [-0.2, 0) is 25.6 Å². The van der Waals surface area contributed by atoms with E-state index in [4.69, 9.17) is 14.2 Å². The van der Waals surface area contributed by atoms with Crippen molar-refractivity contribution in [3.05, 3.63) is 35.9 Å². The van der Waals surface area contributed by atoms with Crippen molar-refractivity contribution in [2.45, 2.75) is 45.6 Å². The molecule has 4 nitrogen and oxygen atoms in total. The van der Waals surface area contributed by atoms with Gasteiger partial charge >= 0.3 is 5.97 Å². The van der Waals surface area contributed by atoms with Crippen molar-refractivity contribution in [2.24, 2.45) is 0 Å². The Labute approximate surface area is 133 Å². The predicted octanol–water partition coefficient (Wildman–Crippen LogP) is 3.73. The summed E-state index contributed by atoms with van der Waals surface area (Å²) in [5, 5.41) is 0. The molecule has 0 atom stereocenters. The van der Waals surface area contributed by atoms with E-state index in [1.165, 1.54) is 12.8 Å². The van der Waals surface area contributed by atoms with Gasteiger partial charge in [0.05, 0.1) is 26.4 Å². The monoisotopic (exact) mass is 308 g/mol. The zero-order valence-corrected chi connectivity index (χ0v) is 13.6. The van der Waals surface area contributed by atoms with Crippen LogP contribution in [0.1, 0.15) is 44.6 Å².